The Kier molecular flexibility index (Phi) is 4.19. The minimum Gasteiger partial charge on any atom is -0.345 e. The fourth-order valence-electron chi connectivity index (χ4n) is 2.47. The fraction of sp³-hybridized carbons (Fsp3) is 0.538. The molecular weight excluding hydrogens is 294 g/mol. The van der Waals surface area contributed by atoms with E-state index in [0.717, 1.165) is 25.7 Å². The van der Waals surface area contributed by atoms with Crippen LogP contribution in [0.1, 0.15) is 48.6 Å². The SMILES string of the molecule is O=C(NC1CCCCC1)c1nc(Cn2cc(Cl)cn2)no1. The molecule has 2 aromatic heterocycles. The van der Waals surface area contributed by atoms with Crippen LogP contribution in [-0.4, -0.2) is 31.9 Å². The Balaban J connectivity index is 1.59. The topological polar surface area (TPSA) is 85.8 Å². The van der Waals surface area contributed by atoms with E-state index in [0.29, 0.717) is 17.4 Å². The normalized spacial score (nSPS) is 16.0. The van der Waals surface area contributed by atoms with Crippen molar-refractivity contribution in [1.29, 1.82) is 0 Å². The molecule has 0 unspecified atom stereocenters. The zero-order valence-electron chi connectivity index (χ0n) is 11.5. The highest BCUT2D eigenvalue weighted by Gasteiger charge is 2.21. The van der Waals surface area contributed by atoms with Crippen molar-refractivity contribution in [2.75, 3.05) is 0 Å². The number of nitrogens with one attached hydrogen (secondary N) is 1. The van der Waals surface area contributed by atoms with Crippen molar-refractivity contribution in [2.45, 2.75) is 44.7 Å². The second-order valence-electron chi connectivity index (χ2n) is 5.18. The molecule has 0 aromatic carbocycles. The molecule has 7 nitrogen and oxygen atoms in total. The van der Waals surface area contributed by atoms with Crippen LogP contribution < -0.4 is 5.32 Å². The molecule has 0 radical (unpaired) electrons. The van der Waals surface area contributed by atoms with Crippen LogP contribution in [0.15, 0.2) is 16.9 Å². The second kappa shape index (κ2) is 6.26. The largest absolute Gasteiger partial charge is 0.345 e. The van der Waals surface area contributed by atoms with Crippen molar-refractivity contribution < 1.29 is 9.32 Å². The standard InChI is InChI=1S/C13H16ClN5O2/c14-9-6-15-19(7-9)8-11-17-13(21-18-11)12(20)16-10-4-2-1-3-5-10/h6-7,10H,1-5,8H2,(H,16,20). The van der Waals surface area contributed by atoms with Crippen molar-refractivity contribution in [3.05, 3.63) is 29.1 Å². The minimum absolute atomic E-state index is 0.00572. The van der Waals surface area contributed by atoms with Gasteiger partial charge >= 0.3 is 11.8 Å². The van der Waals surface area contributed by atoms with Crippen LogP contribution in [0.3, 0.4) is 0 Å². The lowest BCUT2D eigenvalue weighted by Gasteiger charge is -2.21. The van der Waals surface area contributed by atoms with Gasteiger partial charge in [-0.05, 0) is 12.8 Å². The van der Waals surface area contributed by atoms with Crippen LogP contribution in [-0.2, 0) is 6.54 Å². The maximum absolute atomic E-state index is 12.0. The van der Waals surface area contributed by atoms with E-state index in [2.05, 4.69) is 20.6 Å². The van der Waals surface area contributed by atoms with Crippen molar-refractivity contribution >= 4 is 17.5 Å². The minimum atomic E-state index is -0.306. The summed E-state index contributed by atoms with van der Waals surface area (Å²) < 4.78 is 6.58. The molecule has 0 spiro atoms. The highest BCUT2D eigenvalue weighted by molar-refractivity contribution is 6.30. The molecule has 3 rings (SSSR count). The van der Waals surface area contributed by atoms with Crippen molar-refractivity contribution in [1.82, 2.24) is 25.2 Å². The van der Waals surface area contributed by atoms with Gasteiger partial charge in [-0.2, -0.15) is 10.1 Å². The van der Waals surface area contributed by atoms with E-state index in [1.165, 1.54) is 12.6 Å². The number of nitrogens with zero attached hydrogens (tertiary/aromatic N) is 4. The van der Waals surface area contributed by atoms with Gasteiger partial charge in [0.25, 0.3) is 0 Å². The summed E-state index contributed by atoms with van der Waals surface area (Å²) in [5.74, 6) is 0.0801. The number of carbonyl (C=O) groups excluding carboxylic acids is 1. The molecule has 1 N–H and O–H groups in total. The van der Waals surface area contributed by atoms with Crippen LogP contribution in [0, 0.1) is 0 Å². The van der Waals surface area contributed by atoms with E-state index in [1.54, 1.807) is 10.9 Å². The molecular formula is C13H16ClN5O2. The smallest absolute Gasteiger partial charge is 0.316 e. The first-order valence-electron chi connectivity index (χ1n) is 7.02. The summed E-state index contributed by atoms with van der Waals surface area (Å²) in [6, 6.07) is 0.214. The summed E-state index contributed by atoms with van der Waals surface area (Å²) in [7, 11) is 0. The van der Waals surface area contributed by atoms with Crippen molar-refractivity contribution in [3.63, 3.8) is 0 Å². The lowest BCUT2D eigenvalue weighted by Crippen LogP contribution is -2.36. The predicted molar refractivity (Wildman–Crippen MR) is 75.0 cm³/mol. The lowest BCUT2D eigenvalue weighted by molar-refractivity contribution is 0.0883. The number of halogens is 1. The summed E-state index contributed by atoms with van der Waals surface area (Å²) in [4.78, 5) is 16.1. The van der Waals surface area contributed by atoms with Gasteiger partial charge in [0, 0.05) is 12.2 Å². The molecule has 2 aromatic rings. The third-order valence-corrected chi connectivity index (χ3v) is 3.70. The van der Waals surface area contributed by atoms with Gasteiger partial charge in [-0.15, -0.1) is 0 Å². The van der Waals surface area contributed by atoms with Crippen LogP contribution in [0.5, 0.6) is 0 Å². The first-order chi connectivity index (χ1) is 10.2. The molecule has 0 atom stereocenters. The number of carbonyl (C=O) groups is 1. The molecule has 0 saturated heterocycles. The molecule has 2 heterocycles. The Morgan fingerprint density at radius 2 is 2.24 bits per heavy atom. The molecule has 1 amide bonds. The van der Waals surface area contributed by atoms with E-state index in [9.17, 15) is 4.79 Å². The first-order valence-corrected chi connectivity index (χ1v) is 7.40. The lowest BCUT2D eigenvalue weighted by atomic mass is 9.95. The number of hydrogen-bond acceptors (Lipinski definition) is 5. The number of rotatable bonds is 4. The summed E-state index contributed by atoms with van der Waals surface area (Å²) in [6.45, 7) is 0.312. The zero-order valence-corrected chi connectivity index (χ0v) is 12.2. The van der Waals surface area contributed by atoms with E-state index in [4.69, 9.17) is 16.1 Å². The average molecular weight is 310 g/mol. The molecule has 112 valence electrons. The summed E-state index contributed by atoms with van der Waals surface area (Å²) >= 11 is 5.78. The highest BCUT2D eigenvalue weighted by atomic mass is 35.5. The Hall–Kier alpha value is -1.89. The first kappa shape index (κ1) is 14.1. The Labute approximate surface area is 126 Å². The van der Waals surface area contributed by atoms with Crippen LogP contribution in [0.25, 0.3) is 0 Å². The van der Waals surface area contributed by atoms with Gasteiger partial charge in [0.15, 0.2) is 5.82 Å². The van der Waals surface area contributed by atoms with E-state index >= 15 is 0 Å². The summed E-state index contributed by atoms with van der Waals surface area (Å²) in [5, 5.41) is 11.3. The molecule has 1 fully saturated rings. The number of aromatic nitrogens is 4. The van der Waals surface area contributed by atoms with E-state index in [-0.39, 0.29) is 17.8 Å². The Morgan fingerprint density at radius 3 is 2.95 bits per heavy atom. The fourth-order valence-corrected chi connectivity index (χ4v) is 2.63. The maximum Gasteiger partial charge on any atom is 0.316 e. The molecule has 1 aliphatic rings. The number of hydrogen-bond donors (Lipinski definition) is 1. The van der Waals surface area contributed by atoms with Gasteiger partial charge in [-0.3, -0.25) is 9.48 Å². The van der Waals surface area contributed by atoms with Gasteiger partial charge in [-0.1, -0.05) is 36.0 Å². The van der Waals surface area contributed by atoms with Gasteiger partial charge in [0.2, 0.25) is 0 Å². The van der Waals surface area contributed by atoms with Crippen LogP contribution >= 0.6 is 11.6 Å². The third-order valence-electron chi connectivity index (χ3n) is 3.51. The van der Waals surface area contributed by atoms with Gasteiger partial charge in [0.1, 0.15) is 6.54 Å². The summed E-state index contributed by atoms with van der Waals surface area (Å²) in [6.07, 6.45) is 8.75. The molecule has 1 saturated carbocycles. The summed E-state index contributed by atoms with van der Waals surface area (Å²) in [5.41, 5.74) is 0. The van der Waals surface area contributed by atoms with Crippen LogP contribution in [0.4, 0.5) is 0 Å². The molecule has 0 bridgehead atoms. The Morgan fingerprint density at radius 1 is 1.43 bits per heavy atom. The Bertz CT molecular complexity index is 618. The van der Waals surface area contributed by atoms with Crippen LogP contribution in [0.2, 0.25) is 5.02 Å². The second-order valence-corrected chi connectivity index (χ2v) is 5.62. The molecule has 1 aliphatic carbocycles. The molecule has 0 aliphatic heterocycles. The van der Waals surface area contributed by atoms with Crippen molar-refractivity contribution in [3.8, 4) is 0 Å². The average Bonchev–Trinajstić information content (AvgIpc) is 3.10. The number of amides is 1. The maximum atomic E-state index is 12.0. The van der Waals surface area contributed by atoms with E-state index < -0.39 is 0 Å². The molecule has 8 heteroatoms. The zero-order chi connectivity index (χ0) is 14.7. The van der Waals surface area contributed by atoms with Gasteiger partial charge < -0.3 is 9.84 Å². The third kappa shape index (κ3) is 3.60. The van der Waals surface area contributed by atoms with Gasteiger partial charge in [0.05, 0.1) is 11.2 Å². The van der Waals surface area contributed by atoms with E-state index in [1.807, 2.05) is 0 Å². The quantitative estimate of drug-likeness (QED) is 0.934. The highest BCUT2D eigenvalue weighted by Crippen LogP contribution is 2.17. The monoisotopic (exact) mass is 309 g/mol. The van der Waals surface area contributed by atoms with Gasteiger partial charge in [-0.25, -0.2) is 0 Å². The molecule has 21 heavy (non-hydrogen) atoms. The van der Waals surface area contributed by atoms with Crippen molar-refractivity contribution in [2.24, 2.45) is 0 Å². The predicted octanol–water partition coefficient (Wildman–Crippen LogP) is 2.03.